The molecule has 0 aliphatic rings. The number of ether oxygens (including phenoxy) is 1. The fourth-order valence-electron chi connectivity index (χ4n) is 1.18. The van der Waals surface area contributed by atoms with Crippen LogP contribution in [0.15, 0.2) is 30.3 Å². The van der Waals surface area contributed by atoms with Crippen molar-refractivity contribution < 1.29 is 9.53 Å². The average Bonchev–Trinajstić information content (AvgIpc) is 2.26. The van der Waals surface area contributed by atoms with Gasteiger partial charge in [0.05, 0.1) is 7.11 Å². The highest BCUT2D eigenvalue weighted by atomic mass is 79.9. The minimum atomic E-state index is -0.162. The third-order valence-corrected chi connectivity index (χ3v) is 2.98. The summed E-state index contributed by atoms with van der Waals surface area (Å²) in [5.41, 5.74) is 1.19. The van der Waals surface area contributed by atoms with Gasteiger partial charge >= 0.3 is 5.97 Å². The first-order chi connectivity index (χ1) is 6.74. The molecule has 0 spiro atoms. The number of halogens is 1. The zero-order valence-corrected chi connectivity index (χ0v) is 9.66. The second-order valence-corrected chi connectivity index (χ2v) is 4.10. The molecule has 0 aromatic heterocycles. The molecule has 14 heavy (non-hydrogen) atoms. The number of hydrogen-bond donors (Lipinski definition) is 0. The third-order valence-electron chi connectivity index (χ3n) is 1.99. The Morgan fingerprint density at radius 2 is 2.07 bits per heavy atom. The highest BCUT2D eigenvalue weighted by Gasteiger charge is 2.09. The Labute approximate surface area is 92.4 Å². The maximum absolute atomic E-state index is 10.9. The molecule has 1 aromatic rings. The fourth-order valence-corrected chi connectivity index (χ4v) is 1.71. The largest absolute Gasteiger partial charge is 0.469 e. The predicted octanol–water partition coefficient (Wildman–Crippen LogP) is 3.08. The molecule has 1 unspecified atom stereocenters. The molecule has 0 aliphatic heterocycles. The van der Waals surface area contributed by atoms with Crippen LogP contribution in [0.3, 0.4) is 0 Å². The van der Waals surface area contributed by atoms with E-state index in [1.165, 1.54) is 12.7 Å². The van der Waals surface area contributed by atoms with E-state index in [-0.39, 0.29) is 10.8 Å². The molecule has 0 aliphatic carbocycles. The lowest BCUT2D eigenvalue weighted by Crippen LogP contribution is -2.01. The quantitative estimate of drug-likeness (QED) is 0.612. The van der Waals surface area contributed by atoms with Gasteiger partial charge in [0.15, 0.2) is 0 Å². The van der Waals surface area contributed by atoms with Crippen LogP contribution in [0.5, 0.6) is 0 Å². The van der Waals surface area contributed by atoms with Gasteiger partial charge in [-0.25, -0.2) is 0 Å². The van der Waals surface area contributed by atoms with Crippen molar-refractivity contribution in [2.24, 2.45) is 0 Å². The number of rotatable bonds is 4. The van der Waals surface area contributed by atoms with E-state index in [9.17, 15) is 4.79 Å². The van der Waals surface area contributed by atoms with Crippen LogP contribution in [0.2, 0.25) is 0 Å². The summed E-state index contributed by atoms with van der Waals surface area (Å²) in [6.45, 7) is 0. The molecule has 0 fully saturated rings. The molecule has 0 bridgehead atoms. The van der Waals surface area contributed by atoms with Crippen LogP contribution in [0, 0.1) is 0 Å². The van der Waals surface area contributed by atoms with Crippen LogP contribution < -0.4 is 0 Å². The zero-order chi connectivity index (χ0) is 10.4. The summed E-state index contributed by atoms with van der Waals surface area (Å²) < 4.78 is 4.58. The second-order valence-electron chi connectivity index (χ2n) is 2.99. The van der Waals surface area contributed by atoms with Gasteiger partial charge in [-0.15, -0.1) is 0 Å². The molecule has 1 rings (SSSR count). The molecule has 0 N–H and O–H groups in total. The molecule has 2 nitrogen and oxygen atoms in total. The van der Waals surface area contributed by atoms with E-state index >= 15 is 0 Å². The minimum absolute atomic E-state index is 0.162. The van der Waals surface area contributed by atoms with Gasteiger partial charge in [-0.2, -0.15) is 0 Å². The Morgan fingerprint density at radius 3 is 2.64 bits per heavy atom. The van der Waals surface area contributed by atoms with E-state index in [2.05, 4.69) is 20.7 Å². The smallest absolute Gasteiger partial charge is 0.305 e. The number of carbonyl (C=O) groups is 1. The van der Waals surface area contributed by atoms with Crippen molar-refractivity contribution in [1.29, 1.82) is 0 Å². The first-order valence-electron chi connectivity index (χ1n) is 4.50. The number of carbonyl (C=O) groups excluding carboxylic acids is 1. The number of hydrogen-bond acceptors (Lipinski definition) is 2. The number of esters is 1. The topological polar surface area (TPSA) is 26.3 Å². The van der Waals surface area contributed by atoms with Crippen LogP contribution >= 0.6 is 15.9 Å². The van der Waals surface area contributed by atoms with Crippen molar-refractivity contribution in [2.45, 2.75) is 17.7 Å². The van der Waals surface area contributed by atoms with Crippen LogP contribution in [-0.2, 0) is 9.53 Å². The van der Waals surface area contributed by atoms with Crippen molar-refractivity contribution in [1.82, 2.24) is 0 Å². The van der Waals surface area contributed by atoms with Gasteiger partial charge in [0.25, 0.3) is 0 Å². The van der Waals surface area contributed by atoms with Gasteiger partial charge in [0, 0.05) is 11.2 Å². The summed E-state index contributed by atoms with van der Waals surface area (Å²) in [5.74, 6) is -0.162. The van der Waals surface area contributed by atoms with E-state index in [0.29, 0.717) is 6.42 Å². The third kappa shape index (κ3) is 3.50. The molecule has 0 saturated carbocycles. The molecule has 0 saturated heterocycles. The molecule has 1 atom stereocenters. The van der Waals surface area contributed by atoms with Crippen LogP contribution in [0.25, 0.3) is 0 Å². The first kappa shape index (κ1) is 11.2. The summed E-state index contributed by atoms with van der Waals surface area (Å²) in [6.07, 6.45) is 1.21. The number of methoxy groups -OCH3 is 1. The zero-order valence-electron chi connectivity index (χ0n) is 8.07. The summed E-state index contributed by atoms with van der Waals surface area (Å²) in [5, 5.41) is 0. The van der Waals surface area contributed by atoms with Crippen molar-refractivity contribution in [3.8, 4) is 0 Å². The normalized spacial score (nSPS) is 12.1. The van der Waals surface area contributed by atoms with E-state index in [1.807, 2.05) is 30.3 Å². The monoisotopic (exact) mass is 256 g/mol. The number of alkyl halides is 1. The molecule has 0 radical (unpaired) electrons. The SMILES string of the molecule is COC(=O)CCC(Br)c1ccccc1. The molecule has 0 amide bonds. The van der Waals surface area contributed by atoms with Gasteiger partial charge in [-0.3, -0.25) is 4.79 Å². The van der Waals surface area contributed by atoms with E-state index in [0.717, 1.165) is 6.42 Å². The van der Waals surface area contributed by atoms with E-state index < -0.39 is 0 Å². The predicted molar refractivity (Wildman–Crippen MR) is 59.4 cm³/mol. The van der Waals surface area contributed by atoms with Gasteiger partial charge in [0.1, 0.15) is 0 Å². The Hall–Kier alpha value is -0.830. The lowest BCUT2D eigenvalue weighted by atomic mass is 10.1. The van der Waals surface area contributed by atoms with Gasteiger partial charge in [-0.05, 0) is 12.0 Å². The highest BCUT2D eigenvalue weighted by molar-refractivity contribution is 9.09. The van der Waals surface area contributed by atoms with Crippen molar-refractivity contribution in [2.75, 3.05) is 7.11 Å². The van der Waals surface area contributed by atoms with Crippen LogP contribution in [0.4, 0.5) is 0 Å². The van der Waals surface area contributed by atoms with Gasteiger partial charge in [-0.1, -0.05) is 46.3 Å². The van der Waals surface area contributed by atoms with E-state index in [4.69, 9.17) is 0 Å². The standard InChI is InChI=1S/C11H13BrO2/c1-14-11(13)8-7-10(12)9-5-3-2-4-6-9/h2-6,10H,7-8H2,1H3. The summed E-state index contributed by atoms with van der Waals surface area (Å²) in [6, 6.07) is 10.0. The van der Waals surface area contributed by atoms with Crippen molar-refractivity contribution in [3.05, 3.63) is 35.9 Å². The maximum Gasteiger partial charge on any atom is 0.305 e. The molecular formula is C11H13BrO2. The lowest BCUT2D eigenvalue weighted by Gasteiger charge is -2.08. The van der Waals surface area contributed by atoms with Crippen molar-refractivity contribution >= 4 is 21.9 Å². The molecular weight excluding hydrogens is 244 g/mol. The summed E-state index contributed by atoms with van der Waals surface area (Å²) in [7, 11) is 1.41. The Kier molecular flexibility index (Phi) is 4.66. The summed E-state index contributed by atoms with van der Waals surface area (Å²) in [4.78, 5) is 11.1. The number of benzene rings is 1. The molecule has 1 aromatic carbocycles. The van der Waals surface area contributed by atoms with Crippen LogP contribution in [0.1, 0.15) is 23.2 Å². The Morgan fingerprint density at radius 1 is 1.43 bits per heavy atom. The highest BCUT2D eigenvalue weighted by Crippen LogP contribution is 2.27. The van der Waals surface area contributed by atoms with Gasteiger partial charge in [0.2, 0.25) is 0 Å². The molecule has 76 valence electrons. The fraction of sp³-hybridized carbons (Fsp3) is 0.364. The van der Waals surface area contributed by atoms with E-state index in [1.54, 1.807) is 0 Å². The van der Waals surface area contributed by atoms with Crippen LogP contribution in [-0.4, -0.2) is 13.1 Å². The lowest BCUT2D eigenvalue weighted by molar-refractivity contribution is -0.140. The average molecular weight is 257 g/mol. The van der Waals surface area contributed by atoms with Gasteiger partial charge < -0.3 is 4.74 Å². The maximum atomic E-state index is 10.9. The minimum Gasteiger partial charge on any atom is -0.469 e. The van der Waals surface area contributed by atoms with Crippen molar-refractivity contribution in [3.63, 3.8) is 0 Å². The molecule has 3 heteroatoms. The first-order valence-corrected chi connectivity index (χ1v) is 5.41. The Bertz CT molecular complexity index is 285. The Balaban J connectivity index is 2.43. The molecule has 0 heterocycles. The summed E-state index contributed by atoms with van der Waals surface area (Å²) >= 11 is 3.54. The second kappa shape index (κ2) is 5.81.